The average Bonchev–Trinajstić information content (AvgIpc) is 2.70. The zero-order valence-electron chi connectivity index (χ0n) is 13.0. The third-order valence-electron chi connectivity index (χ3n) is 5.03. The van der Waals surface area contributed by atoms with Crippen LogP contribution in [-0.4, -0.2) is 33.4 Å². The van der Waals surface area contributed by atoms with Crippen LogP contribution < -0.4 is 11.5 Å². The molecule has 1 heterocycles. The number of benzene rings is 1. The van der Waals surface area contributed by atoms with E-state index in [4.69, 9.17) is 11.5 Å². The van der Waals surface area contributed by atoms with E-state index in [1.54, 1.807) is 0 Å². The number of fused-ring (bicyclic) bond motifs is 1. The third kappa shape index (κ3) is 3.08. The van der Waals surface area contributed by atoms with E-state index in [2.05, 4.69) is 27.0 Å². The van der Waals surface area contributed by atoms with Crippen molar-refractivity contribution in [3.8, 4) is 0 Å². The van der Waals surface area contributed by atoms with E-state index >= 15 is 0 Å². The van der Waals surface area contributed by atoms with Crippen LogP contribution >= 0.6 is 15.9 Å². The zero-order chi connectivity index (χ0) is 16.8. The summed E-state index contributed by atoms with van der Waals surface area (Å²) < 4.78 is 0.794. The molecule has 1 aliphatic carbocycles. The predicted octanol–water partition coefficient (Wildman–Crippen LogP) is 1.97. The summed E-state index contributed by atoms with van der Waals surface area (Å²) in [6, 6.07) is 7.71. The lowest BCUT2D eigenvalue weighted by atomic mass is 9.80. The second-order valence-corrected chi connectivity index (χ2v) is 7.69. The summed E-state index contributed by atoms with van der Waals surface area (Å²) in [6.45, 7) is 1.99. The molecule has 6 heteroatoms. The minimum Gasteiger partial charge on any atom is -0.390 e. The van der Waals surface area contributed by atoms with Crippen molar-refractivity contribution >= 4 is 32.7 Å². The number of pyridine rings is 1. The minimum absolute atomic E-state index is 0.356. The van der Waals surface area contributed by atoms with Gasteiger partial charge in [-0.3, -0.25) is 0 Å². The van der Waals surface area contributed by atoms with Gasteiger partial charge in [0.2, 0.25) is 0 Å². The Morgan fingerprint density at radius 2 is 2.09 bits per heavy atom. The summed E-state index contributed by atoms with van der Waals surface area (Å²) in [5, 5.41) is 21.2. The van der Waals surface area contributed by atoms with Gasteiger partial charge in [-0.2, -0.15) is 0 Å². The number of nitrogens with two attached hydrogens (primary N) is 2. The van der Waals surface area contributed by atoms with Gasteiger partial charge in [-0.1, -0.05) is 19.1 Å². The van der Waals surface area contributed by atoms with Gasteiger partial charge in [0.15, 0.2) is 0 Å². The lowest BCUT2D eigenvalue weighted by molar-refractivity contribution is -0.0197. The first-order valence-corrected chi connectivity index (χ1v) is 8.56. The number of aliphatic hydroxyl groups is 2. The van der Waals surface area contributed by atoms with Gasteiger partial charge in [0.1, 0.15) is 5.82 Å². The second kappa shape index (κ2) is 6.02. The van der Waals surface area contributed by atoms with Gasteiger partial charge >= 0.3 is 0 Å². The van der Waals surface area contributed by atoms with Crippen molar-refractivity contribution in [1.82, 2.24) is 4.98 Å². The molecular formula is C17H22BrN3O2. The number of aliphatic hydroxyl groups excluding tert-OH is 2. The highest BCUT2D eigenvalue weighted by Crippen LogP contribution is 2.41. The SMILES string of the molecule is C[C@]1(CCc2ccc3cc(Br)c(N)nc3c2)C[C@@H](N)[C@H](O)[C@@H]1O. The molecule has 5 nitrogen and oxygen atoms in total. The van der Waals surface area contributed by atoms with E-state index in [1.807, 2.05) is 25.1 Å². The standard InChI is InChI=1S/C17H22BrN3O2/c1-17(8-12(19)14(22)15(17)23)5-4-9-2-3-10-7-11(18)16(20)21-13(10)6-9/h2-3,6-7,12,14-15,22-23H,4-5,8,19H2,1H3,(H2,20,21)/t12-,14+,15+,17+/m1/s1. The van der Waals surface area contributed by atoms with E-state index in [0.29, 0.717) is 12.2 Å². The van der Waals surface area contributed by atoms with Gasteiger partial charge in [-0.15, -0.1) is 0 Å². The van der Waals surface area contributed by atoms with Crippen molar-refractivity contribution in [1.29, 1.82) is 0 Å². The molecule has 0 unspecified atom stereocenters. The fourth-order valence-electron chi connectivity index (χ4n) is 3.46. The molecule has 23 heavy (non-hydrogen) atoms. The van der Waals surface area contributed by atoms with Crippen molar-refractivity contribution in [3.63, 3.8) is 0 Å². The molecule has 4 atom stereocenters. The molecule has 0 amide bonds. The molecule has 1 saturated carbocycles. The third-order valence-corrected chi connectivity index (χ3v) is 5.66. The molecule has 0 bridgehead atoms. The molecule has 6 N–H and O–H groups in total. The Kier molecular flexibility index (Phi) is 4.35. The van der Waals surface area contributed by atoms with Gasteiger partial charge in [-0.05, 0) is 58.3 Å². The Morgan fingerprint density at radius 1 is 1.35 bits per heavy atom. The van der Waals surface area contributed by atoms with Crippen LogP contribution in [0.15, 0.2) is 28.7 Å². The van der Waals surface area contributed by atoms with Crippen molar-refractivity contribution in [3.05, 3.63) is 34.3 Å². The number of halogens is 1. The lowest BCUT2D eigenvalue weighted by Gasteiger charge is -2.28. The summed E-state index contributed by atoms with van der Waals surface area (Å²) >= 11 is 3.38. The maximum absolute atomic E-state index is 10.2. The Hall–Kier alpha value is -1.21. The quantitative estimate of drug-likeness (QED) is 0.652. The Labute approximate surface area is 143 Å². The van der Waals surface area contributed by atoms with Crippen LogP contribution in [0.25, 0.3) is 10.9 Å². The fraction of sp³-hybridized carbons (Fsp3) is 0.471. The van der Waals surface area contributed by atoms with Crippen LogP contribution in [0, 0.1) is 5.41 Å². The van der Waals surface area contributed by atoms with Gasteiger partial charge in [0, 0.05) is 11.4 Å². The molecule has 0 aliphatic heterocycles. The average molecular weight is 380 g/mol. The highest BCUT2D eigenvalue weighted by Gasteiger charge is 2.47. The number of hydrogen-bond donors (Lipinski definition) is 4. The molecule has 1 aliphatic rings. The number of hydrogen-bond acceptors (Lipinski definition) is 5. The minimum atomic E-state index is -0.838. The summed E-state index contributed by atoms with van der Waals surface area (Å²) in [5.74, 6) is 0.474. The van der Waals surface area contributed by atoms with Gasteiger partial charge in [0.25, 0.3) is 0 Å². The molecule has 0 saturated heterocycles. The van der Waals surface area contributed by atoms with E-state index in [-0.39, 0.29) is 11.5 Å². The first-order chi connectivity index (χ1) is 10.8. The molecule has 124 valence electrons. The monoisotopic (exact) mass is 379 g/mol. The maximum Gasteiger partial charge on any atom is 0.138 e. The molecular weight excluding hydrogens is 358 g/mol. The van der Waals surface area contributed by atoms with Gasteiger partial charge in [0.05, 0.1) is 22.2 Å². The Morgan fingerprint density at radius 3 is 2.74 bits per heavy atom. The summed E-state index contributed by atoms with van der Waals surface area (Å²) in [4.78, 5) is 4.39. The van der Waals surface area contributed by atoms with Crippen LogP contribution in [0.4, 0.5) is 5.82 Å². The van der Waals surface area contributed by atoms with Crippen molar-refractivity contribution in [2.75, 3.05) is 5.73 Å². The Balaban J connectivity index is 1.78. The topological polar surface area (TPSA) is 105 Å². The Bertz CT molecular complexity index is 739. The summed E-state index contributed by atoms with van der Waals surface area (Å²) in [5.41, 5.74) is 13.4. The number of anilines is 1. The van der Waals surface area contributed by atoms with Crippen LogP contribution in [0.5, 0.6) is 0 Å². The second-order valence-electron chi connectivity index (χ2n) is 6.84. The summed E-state index contributed by atoms with van der Waals surface area (Å²) in [6.07, 6.45) is 0.566. The molecule has 1 aromatic carbocycles. The zero-order valence-corrected chi connectivity index (χ0v) is 14.6. The normalized spacial score (nSPS) is 30.9. The molecule has 2 aromatic rings. The first kappa shape index (κ1) is 16.6. The largest absolute Gasteiger partial charge is 0.390 e. The van der Waals surface area contributed by atoms with Crippen LogP contribution in [0.1, 0.15) is 25.3 Å². The number of nitrogens with zero attached hydrogens (tertiary/aromatic N) is 1. The number of aromatic nitrogens is 1. The maximum atomic E-state index is 10.2. The van der Waals surface area contributed by atoms with E-state index < -0.39 is 12.2 Å². The first-order valence-electron chi connectivity index (χ1n) is 7.76. The molecule has 0 radical (unpaired) electrons. The van der Waals surface area contributed by atoms with Crippen LogP contribution in [0.2, 0.25) is 0 Å². The number of aryl methyl sites for hydroxylation is 1. The van der Waals surface area contributed by atoms with E-state index in [1.165, 1.54) is 0 Å². The van der Waals surface area contributed by atoms with Crippen molar-refractivity contribution in [2.45, 2.75) is 44.4 Å². The van der Waals surface area contributed by atoms with Crippen molar-refractivity contribution in [2.24, 2.45) is 11.1 Å². The van der Waals surface area contributed by atoms with Gasteiger partial charge in [-0.25, -0.2) is 4.98 Å². The smallest absolute Gasteiger partial charge is 0.138 e. The number of rotatable bonds is 3. The molecule has 3 rings (SSSR count). The highest BCUT2D eigenvalue weighted by atomic mass is 79.9. The molecule has 1 aromatic heterocycles. The van der Waals surface area contributed by atoms with Crippen LogP contribution in [0.3, 0.4) is 0 Å². The highest BCUT2D eigenvalue weighted by molar-refractivity contribution is 9.10. The van der Waals surface area contributed by atoms with E-state index in [9.17, 15) is 10.2 Å². The van der Waals surface area contributed by atoms with Crippen LogP contribution in [-0.2, 0) is 6.42 Å². The van der Waals surface area contributed by atoms with Gasteiger partial charge < -0.3 is 21.7 Å². The number of nitrogen functional groups attached to an aromatic ring is 1. The summed E-state index contributed by atoms with van der Waals surface area (Å²) in [7, 11) is 0. The lowest BCUT2D eigenvalue weighted by Crippen LogP contribution is -2.37. The van der Waals surface area contributed by atoms with Crippen molar-refractivity contribution < 1.29 is 10.2 Å². The fourth-order valence-corrected chi connectivity index (χ4v) is 3.80. The molecule has 1 fully saturated rings. The molecule has 0 spiro atoms. The van der Waals surface area contributed by atoms with E-state index in [0.717, 1.165) is 33.8 Å². The predicted molar refractivity (Wildman–Crippen MR) is 94.9 cm³/mol.